The lowest BCUT2D eigenvalue weighted by atomic mass is 9.96. The van der Waals surface area contributed by atoms with E-state index in [1.165, 1.54) is 16.9 Å². The van der Waals surface area contributed by atoms with E-state index in [4.69, 9.17) is 9.47 Å². The number of carbonyl (C=O) groups is 3. The molecule has 0 bridgehead atoms. The van der Waals surface area contributed by atoms with Crippen LogP contribution in [0.4, 0.5) is 5.69 Å². The number of para-hydroxylation sites is 1. The Morgan fingerprint density at radius 3 is 2.52 bits per heavy atom. The highest BCUT2D eigenvalue weighted by atomic mass is 16.5. The number of nitrogens with zero attached hydrogens (tertiary/aromatic N) is 2. The summed E-state index contributed by atoms with van der Waals surface area (Å²) in [6.45, 7) is 4.45. The van der Waals surface area contributed by atoms with Gasteiger partial charge in [0.2, 0.25) is 11.6 Å². The fraction of sp³-hybridized carbons (Fsp3) is 0.375. The Balaban J connectivity index is 1.73. The first-order valence-corrected chi connectivity index (χ1v) is 10.4. The minimum atomic E-state index is -1.50. The fourth-order valence-corrected chi connectivity index (χ4v) is 4.65. The average Bonchev–Trinajstić information content (AvgIpc) is 3.09. The van der Waals surface area contributed by atoms with E-state index in [2.05, 4.69) is 0 Å². The summed E-state index contributed by atoms with van der Waals surface area (Å²) in [5.74, 6) is -1.11. The van der Waals surface area contributed by atoms with E-state index in [0.29, 0.717) is 11.3 Å². The molecule has 31 heavy (non-hydrogen) atoms. The van der Waals surface area contributed by atoms with Crippen molar-refractivity contribution < 1.29 is 23.9 Å². The van der Waals surface area contributed by atoms with Crippen LogP contribution in [0.3, 0.4) is 0 Å². The van der Waals surface area contributed by atoms with Crippen LogP contribution in [0.25, 0.3) is 0 Å². The van der Waals surface area contributed by atoms with E-state index in [1.54, 1.807) is 24.3 Å². The summed E-state index contributed by atoms with van der Waals surface area (Å²) in [5, 5.41) is 0. The summed E-state index contributed by atoms with van der Waals surface area (Å²) in [6.07, 6.45) is 0.338. The van der Waals surface area contributed by atoms with Crippen LogP contribution >= 0.6 is 0 Å². The van der Waals surface area contributed by atoms with E-state index in [0.717, 1.165) is 16.7 Å². The maximum Gasteiger partial charge on any atom is 0.354 e. The first kappa shape index (κ1) is 21.1. The summed E-state index contributed by atoms with van der Waals surface area (Å²) in [5.41, 5.74) is 2.36. The number of ether oxygens (including phenoxy) is 2. The van der Waals surface area contributed by atoms with Crippen molar-refractivity contribution in [3.05, 3.63) is 64.7 Å². The molecular weight excluding hydrogens is 396 g/mol. The van der Waals surface area contributed by atoms with Gasteiger partial charge in [-0.1, -0.05) is 41.5 Å². The zero-order valence-corrected chi connectivity index (χ0v) is 18.0. The third kappa shape index (κ3) is 3.49. The van der Waals surface area contributed by atoms with Crippen molar-refractivity contribution in [3.8, 4) is 0 Å². The molecule has 0 aromatic heterocycles. The van der Waals surface area contributed by atoms with E-state index in [9.17, 15) is 14.4 Å². The van der Waals surface area contributed by atoms with Gasteiger partial charge in [-0.15, -0.1) is 0 Å². The number of fused-ring (bicyclic) bond motifs is 3. The molecule has 1 fully saturated rings. The van der Waals surface area contributed by atoms with Crippen LogP contribution in [0.15, 0.2) is 42.5 Å². The van der Waals surface area contributed by atoms with Crippen molar-refractivity contribution >= 4 is 23.5 Å². The lowest BCUT2D eigenvalue weighted by Gasteiger charge is -2.48. The number of hydrogen-bond donors (Lipinski definition) is 0. The third-order valence-electron chi connectivity index (χ3n) is 5.87. The maximum atomic E-state index is 13.6. The Bertz CT molecular complexity index is 1030. The Hall–Kier alpha value is -3.19. The van der Waals surface area contributed by atoms with Crippen LogP contribution in [0.5, 0.6) is 0 Å². The molecule has 162 valence electrons. The van der Waals surface area contributed by atoms with Gasteiger partial charge >= 0.3 is 5.97 Å². The summed E-state index contributed by atoms with van der Waals surface area (Å²) in [7, 11) is 1.53. The average molecular weight is 422 g/mol. The summed E-state index contributed by atoms with van der Waals surface area (Å²) >= 11 is 0. The van der Waals surface area contributed by atoms with Gasteiger partial charge in [0.05, 0.1) is 17.9 Å². The summed E-state index contributed by atoms with van der Waals surface area (Å²) < 4.78 is 10.9. The lowest BCUT2D eigenvalue weighted by Crippen LogP contribution is -2.68. The molecule has 0 spiro atoms. The van der Waals surface area contributed by atoms with Crippen LogP contribution in [0.1, 0.15) is 39.9 Å². The largest absolute Gasteiger partial charge is 0.458 e. The minimum absolute atomic E-state index is 0.0685. The van der Waals surface area contributed by atoms with Crippen molar-refractivity contribution in [2.45, 2.75) is 39.0 Å². The number of carbonyl (C=O) groups excluding carboxylic acids is 3. The lowest BCUT2D eigenvalue weighted by molar-refractivity contribution is -0.159. The molecule has 2 amide bonds. The Labute approximate surface area is 181 Å². The van der Waals surface area contributed by atoms with Crippen molar-refractivity contribution in [3.63, 3.8) is 0 Å². The molecule has 4 rings (SSSR count). The fourth-order valence-electron chi connectivity index (χ4n) is 4.65. The normalized spacial score (nSPS) is 20.0. The second-order valence-corrected chi connectivity index (χ2v) is 8.08. The van der Waals surface area contributed by atoms with Gasteiger partial charge in [0.25, 0.3) is 5.91 Å². The van der Waals surface area contributed by atoms with Crippen LogP contribution in [0, 0.1) is 13.8 Å². The quantitative estimate of drug-likeness (QED) is 0.669. The van der Waals surface area contributed by atoms with E-state index in [-0.39, 0.29) is 44.4 Å². The highest BCUT2D eigenvalue weighted by molar-refractivity contribution is 6.15. The van der Waals surface area contributed by atoms with Gasteiger partial charge in [-0.2, -0.15) is 0 Å². The van der Waals surface area contributed by atoms with Crippen molar-refractivity contribution in [2.24, 2.45) is 0 Å². The van der Waals surface area contributed by atoms with Gasteiger partial charge in [-0.05, 0) is 31.5 Å². The smallest absolute Gasteiger partial charge is 0.354 e. The zero-order valence-electron chi connectivity index (χ0n) is 18.0. The van der Waals surface area contributed by atoms with E-state index < -0.39 is 11.6 Å². The molecule has 2 aliphatic rings. The zero-order chi connectivity index (χ0) is 22.2. The van der Waals surface area contributed by atoms with E-state index >= 15 is 0 Å². The molecule has 0 saturated carbocycles. The second-order valence-electron chi connectivity index (χ2n) is 8.08. The molecule has 0 N–H and O–H groups in total. The van der Waals surface area contributed by atoms with Gasteiger partial charge < -0.3 is 14.4 Å². The molecule has 7 nitrogen and oxygen atoms in total. The van der Waals surface area contributed by atoms with Crippen molar-refractivity contribution in [1.82, 2.24) is 4.90 Å². The molecule has 2 aromatic carbocycles. The molecule has 0 aliphatic carbocycles. The molecule has 1 unspecified atom stereocenters. The van der Waals surface area contributed by atoms with Gasteiger partial charge in [-0.3, -0.25) is 14.5 Å². The molecule has 1 saturated heterocycles. The number of anilines is 1. The van der Waals surface area contributed by atoms with Crippen LogP contribution in [-0.4, -0.2) is 48.6 Å². The molecule has 2 aromatic rings. The van der Waals surface area contributed by atoms with Gasteiger partial charge in [0, 0.05) is 26.5 Å². The number of esters is 1. The number of amides is 2. The Morgan fingerprint density at radius 2 is 1.81 bits per heavy atom. The van der Waals surface area contributed by atoms with Crippen molar-refractivity contribution in [2.75, 3.05) is 25.2 Å². The molecule has 1 atom stereocenters. The van der Waals surface area contributed by atoms with Crippen LogP contribution < -0.4 is 4.90 Å². The topological polar surface area (TPSA) is 76.2 Å². The van der Waals surface area contributed by atoms with Gasteiger partial charge in [0.15, 0.2) is 0 Å². The van der Waals surface area contributed by atoms with Gasteiger partial charge in [0.1, 0.15) is 6.61 Å². The van der Waals surface area contributed by atoms with Gasteiger partial charge in [-0.25, -0.2) is 4.79 Å². The monoisotopic (exact) mass is 422 g/mol. The minimum Gasteiger partial charge on any atom is -0.458 e. The number of rotatable bonds is 6. The second kappa shape index (κ2) is 8.15. The number of benzene rings is 2. The molecule has 2 heterocycles. The molecule has 7 heteroatoms. The highest BCUT2D eigenvalue weighted by Gasteiger charge is 2.61. The summed E-state index contributed by atoms with van der Waals surface area (Å²) in [6, 6.07) is 12.8. The highest BCUT2D eigenvalue weighted by Crippen LogP contribution is 2.45. The van der Waals surface area contributed by atoms with Crippen molar-refractivity contribution in [1.29, 1.82) is 0 Å². The van der Waals surface area contributed by atoms with Crippen LogP contribution in [0.2, 0.25) is 0 Å². The third-order valence-corrected chi connectivity index (χ3v) is 5.87. The molecular formula is C24H26N2O5. The Kier molecular flexibility index (Phi) is 5.54. The van der Waals surface area contributed by atoms with Crippen LogP contribution in [-0.2, 0) is 25.7 Å². The Morgan fingerprint density at radius 1 is 1.10 bits per heavy atom. The molecule has 0 radical (unpaired) electrons. The first-order chi connectivity index (χ1) is 14.9. The number of hydrogen-bond acceptors (Lipinski definition) is 5. The number of methoxy groups -OCH3 is 1. The summed E-state index contributed by atoms with van der Waals surface area (Å²) in [4.78, 5) is 42.7. The predicted octanol–water partition coefficient (Wildman–Crippen LogP) is 2.97. The maximum absolute atomic E-state index is 13.6. The van der Waals surface area contributed by atoms with E-state index in [1.807, 2.05) is 32.0 Å². The first-order valence-electron chi connectivity index (χ1n) is 10.4. The predicted molar refractivity (Wildman–Crippen MR) is 115 cm³/mol. The standard InChI is InChI=1S/C24H26N2O5/c1-16-12-17(2)14-18(13-16)15-31-23(29)24-9-8-21(27)26(24)20-7-5-4-6-19(20)22(28)25(24)10-11-30-3/h4-7,12-14H,8-11,15H2,1-3H3. The SMILES string of the molecule is COCCN1C(=O)c2ccccc2N2C(=O)CCC12C(=O)OCc1cc(C)cc(C)c1. The molecule has 2 aliphatic heterocycles. The number of aryl methyl sites for hydroxylation is 2.